The van der Waals surface area contributed by atoms with E-state index in [1.807, 2.05) is 24.4 Å². The van der Waals surface area contributed by atoms with E-state index in [4.69, 9.17) is 11.6 Å². The molecule has 0 spiro atoms. The van der Waals surface area contributed by atoms with Gasteiger partial charge < -0.3 is 4.98 Å². The van der Waals surface area contributed by atoms with E-state index in [0.717, 1.165) is 42.1 Å². The number of aromatic amines is 1. The van der Waals surface area contributed by atoms with Crippen LogP contribution in [0.25, 0.3) is 10.9 Å². The molecule has 1 N–H and O–H groups in total. The lowest BCUT2D eigenvalue weighted by Gasteiger charge is -2.21. The minimum Gasteiger partial charge on any atom is -0.360 e. The molecule has 0 amide bonds. The maximum absolute atomic E-state index is 12.7. The number of Topliss-reactive ketones (excluding diaryl/α,β-unsaturated/α-hetero) is 1. The van der Waals surface area contributed by atoms with Crippen molar-refractivity contribution in [2.45, 2.75) is 32.6 Å². The standard InChI is InChI=1S/C15H16ClNO/c1-15(7-2-3-8-15)14(18)10-9-17-12-6-4-5-11(16)13(10)12/h4-6,9,17H,2-3,7-8H2,1H3. The molecule has 0 saturated heterocycles. The quantitative estimate of drug-likeness (QED) is 0.789. The summed E-state index contributed by atoms with van der Waals surface area (Å²) in [5, 5.41) is 1.52. The van der Waals surface area contributed by atoms with Crippen LogP contribution in [0.4, 0.5) is 0 Å². The molecule has 3 heteroatoms. The van der Waals surface area contributed by atoms with Crippen molar-refractivity contribution in [2.75, 3.05) is 0 Å². The zero-order valence-electron chi connectivity index (χ0n) is 10.4. The van der Waals surface area contributed by atoms with Crippen LogP contribution in [0.5, 0.6) is 0 Å². The third kappa shape index (κ3) is 1.67. The predicted octanol–water partition coefficient (Wildman–Crippen LogP) is 4.58. The van der Waals surface area contributed by atoms with Gasteiger partial charge in [-0.25, -0.2) is 0 Å². The number of carbonyl (C=O) groups excluding carboxylic acids is 1. The van der Waals surface area contributed by atoms with Crippen LogP contribution in [0.2, 0.25) is 5.02 Å². The molecular weight excluding hydrogens is 246 g/mol. The summed E-state index contributed by atoms with van der Waals surface area (Å²) in [6, 6.07) is 5.69. The van der Waals surface area contributed by atoms with Gasteiger partial charge in [-0.15, -0.1) is 0 Å². The van der Waals surface area contributed by atoms with Crippen LogP contribution in [0.3, 0.4) is 0 Å². The van der Waals surface area contributed by atoms with E-state index in [0.29, 0.717) is 5.02 Å². The van der Waals surface area contributed by atoms with Gasteiger partial charge in [-0.05, 0) is 25.0 Å². The van der Waals surface area contributed by atoms with Gasteiger partial charge in [0.25, 0.3) is 0 Å². The second-order valence-electron chi connectivity index (χ2n) is 5.46. The fourth-order valence-corrected chi connectivity index (χ4v) is 3.30. The molecule has 0 atom stereocenters. The van der Waals surface area contributed by atoms with Gasteiger partial charge in [0.05, 0.1) is 5.02 Å². The Morgan fingerprint density at radius 3 is 2.78 bits per heavy atom. The van der Waals surface area contributed by atoms with Crippen LogP contribution in [0.1, 0.15) is 43.0 Å². The summed E-state index contributed by atoms with van der Waals surface area (Å²) in [6.45, 7) is 2.08. The summed E-state index contributed by atoms with van der Waals surface area (Å²) in [5.74, 6) is 0.236. The van der Waals surface area contributed by atoms with Crippen LogP contribution in [0, 0.1) is 5.41 Å². The van der Waals surface area contributed by atoms with E-state index < -0.39 is 0 Å². The molecule has 1 aliphatic carbocycles. The molecule has 1 aromatic heterocycles. The third-order valence-corrected chi connectivity index (χ3v) is 4.47. The zero-order chi connectivity index (χ0) is 12.8. The van der Waals surface area contributed by atoms with Crippen molar-refractivity contribution in [1.82, 2.24) is 4.98 Å². The third-order valence-electron chi connectivity index (χ3n) is 4.15. The van der Waals surface area contributed by atoms with Crippen molar-refractivity contribution in [2.24, 2.45) is 5.41 Å². The fourth-order valence-electron chi connectivity index (χ4n) is 3.03. The van der Waals surface area contributed by atoms with Gasteiger partial charge in [-0.3, -0.25) is 4.79 Å². The minimum atomic E-state index is -0.200. The van der Waals surface area contributed by atoms with Crippen LogP contribution in [-0.2, 0) is 0 Å². The highest BCUT2D eigenvalue weighted by atomic mass is 35.5. The number of halogens is 1. The van der Waals surface area contributed by atoms with E-state index >= 15 is 0 Å². The number of fused-ring (bicyclic) bond motifs is 1. The first-order chi connectivity index (χ1) is 8.62. The lowest BCUT2D eigenvalue weighted by Crippen LogP contribution is -2.24. The number of nitrogens with one attached hydrogen (secondary N) is 1. The Kier molecular flexibility index (Phi) is 2.70. The summed E-state index contributed by atoms with van der Waals surface area (Å²) < 4.78 is 0. The predicted molar refractivity (Wildman–Crippen MR) is 74.2 cm³/mol. The van der Waals surface area contributed by atoms with Crippen molar-refractivity contribution >= 4 is 28.3 Å². The number of rotatable bonds is 2. The van der Waals surface area contributed by atoms with E-state index in [1.54, 1.807) is 0 Å². The van der Waals surface area contributed by atoms with Crippen molar-refractivity contribution < 1.29 is 4.79 Å². The maximum atomic E-state index is 12.7. The molecular formula is C15H16ClNO. The first kappa shape index (κ1) is 11.8. The zero-order valence-corrected chi connectivity index (χ0v) is 11.2. The molecule has 0 aliphatic heterocycles. The number of ketones is 1. The van der Waals surface area contributed by atoms with Gasteiger partial charge in [0.2, 0.25) is 0 Å². The van der Waals surface area contributed by atoms with Crippen LogP contribution in [-0.4, -0.2) is 10.8 Å². The molecule has 2 aromatic rings. The number of aromatic nitrogens is 1. The van der Waals surface area contributed by atoms with Crippen molar-refractivity contribution in [3.8, 4) is 0 Å². The number of hydrogen-bond acceptors (Lipinski definition) is 1. The Morgan fingerprint density at radius 1 is 1.33 bits per heavy atom. The van der Waals surface area contributed by atoms with Crippen LogP contribution < -0.4 is 0 Å². The molecule has 18 heavy (non-hydrogen) atoms. The van der Waals surface area contributed by atoms with E-state index in [9.17, 15) is 4.79 Å². The van der Waals surface area contributed by atoms with Crippen LogP contribution >= 0.6 is 11.6 Å². The topological polar surface area (TPSA) is 32.9 Å². The normalized spacial score (nSPS) is 18.3. The number of hydrogen-bond donors (Lipinski definition) is 1. The molecule has 1 aliphatic rings. The molecule has 0 bridgehead atoms. The molecule has 1 aromatic carbocycles. The van der Waals surface area contributed by atoms with Gasteiger partial charge >= 0.3 is 0 Å². The summed E-state index contributed by atoms with van der Waals surface area (Å²) >= 11 is 6.23. The van der Waals surface area contributed by atoms with E-state index in [-0.39, 0.29) is 11.2 Å². The number of carbonyl (C=O) groups is 1. The van der Waals surface area contributed by atoms with Gasteiger partial charge in [0.15, 0.2) is 5.78 Å². The van der Waals surface area contributed by atoms with Gasteiger partial charge in [0, 0.05) is 28.1 Å². The highest BCUT2D eigenvalue weighted by Gasteiger charge is 2.37. The molecule has 2 nitrogen and oxygen atoms in total. The molecule has 1 heterocycles. The molecule has 94 valence electrons. The Morgan fingerprint density at radius 2 is 2.06 bits per heavy atom. The average molecular weight is 262 g/mol. The molecule has 0 unspecified atom stereocenters. The van der Waals surface area contributed by atoms with E-state index in [1.165, 1.54) is 0 Å². The van der Waals surface area contributed by atoms with Crippen molar-refractivity contribution in [1.29, 1.82) is 0 Å². The highest BCUT2D eigenvalue weighted by molar-refractivity contribution is 6.37. The Bertz CT molecular complexity index is 608. The number of benzene rings is 1. The smallest absolute Gasteiger partial charge is 0.170 e. The lowest BCUT2D eigenvalue weighted by molar-refractivity contribution is 0.0825. The van der Waals surface area contributed by atoms with E-state index in [2.05, 4.69) is 11.9 Å². The minimum absolute atomic E-state index is 0.200. The molecule has 3 rings (SSSR count). The summed E-state index contributed by atoms with van der Waals surface area (Å²) in [7, 11) is 0. The first-order valence-electron chi connectivity index (χ1n) is 6.42. The molecule has 0 radical (unpaired) electrons. The first-order valence-corrected chi connectivity index (χ1v) is 6.80. The number of H-pyrrole nitrogens is 1. The second-order valence-corrected chi connectivity index (χ2v) is 5.87. The summed E-state index contributed by atoms with van der Waals surface area (Å²) in [5.41, 5.74) is 1.49. The monoisotopic (exact) mass is 261 g/mol. The highest BCUT2D eigenvalue weighted by Crippen LogP contribution is 2.42. The fraction of sp³-hybridized carbons (Fsp3) is 0.400. The second kappa shape index (κ2) is 4.13. The molecule has 1 saturated carbocycles. The average Bonchev–Trinajstić information content (AvgIpc) is 2.96. The summed E-state index contributed by atoms with van der Waals surface area (Å²) in [6.07, 6.45) is 6.09. The largest absolute Gasteiger partial charge is 0.360 e. The van der Waals surface area contributed by atoms with Crippen LogP contribution in [0.15, 0.2) is 24.4 Å². The molecule has 1 fully saturated rings. The Hall–Kier alpha value is -1.28. The van der Waals surface area contributed by atoms with Gasteiger partial charge in [-0.2, -0.15) is 0 Å². The SMILES string of the molecule is CC1(C(=O)c2c[nH]c3cccc(Cl)c23)CCCC1. The van der Waals surface area contributed by atoms with Gasteiger partial charge in [-0.1, -0.05) is 37.4 Å². The summed E-state index contributed by atoms with van der Waals surface area (Å²) in [4.78, 5) is 15.9. The Balaban J connectivity index is 2.12. The maximum Gasteiger partial charge on any atom is 0.170 e. The van der Waals surface area contributed by atoms with Gasteiger partial charge in [0.1, 0.15) is 0 Å². The van der Waals surface area contributed by atoms with Crippen molar-refractivity contribution in [3.05, 3.63) is 35.0 Å². The Labute approximate surface area is 111 Å². The van der Waals surface area contributed by atoms with Crippen molar-refractivity contribution in [3.63, 3.8) is 0 Å². The lowest BCUT2D eigenvalue weighted by atomic mass is 9.81.